The molecule has 6 heteroatoms. The SMILES string of the molecule is COc1ccc(Br)cc1CCc1c(Cl)cccc1C1=NCCCN1C(=O)C(C)(C)C. The number of carbonyl (C=O) groups excluding carboxylic acids is 1. The fourth-order valence-corrected chi connectivity index (χ4v) is 4.34. The summed E-state index contributed by atoms with van der Waals surface area (Å²) in [7, 11) is 1.68. The van der Waals surface area contributed by atoms with Crippen molar-refractivity contribution in [3.8, 4) is 5.75 Å². The van der Waals surface area contributed by atoms with Crippen LogP contribution in [0.25, 0.3) is 0 Å². The molecule has 1 aliphatic heterocycles. The number of aliphatic imine (C=N–C) groups is 1. The number of aryl methyl sites for hydroxylation is 1. The van der Waals surface area contributed by atoms with Gasteiger partial charge in [-0.3, -0.25) is 14.7 Å². The van der Waals surface area contributed by atoms with Crippen LogP contribution in [-0.4, -0.2) is 36.8 Å². The van der Waals surface area contributed by atoms with E-state index in [9.17, 15) is 4.79 Å². The van der Waals surface area contributed by atoms with Crippen LogP contribution in [0.4, 0.5) is 0 Å². The van der Waals surface area contributed by atoms with Crippen molar-refractivity contribution in [2.75, 3.05) is 20.2 Å². The fourth-order valence-electron chi connectivity index (χ4n) is 3.66. The number of benzene rings is 2. The maximum atomic E-state index is 13.1. The van der Waals surface area contributed by atoms with Crippen LogP contribution in [0.5, 0.6) is 5.75 Å². The number of halogens is 2. The highest BCUT2D eigenvalue weighted by molar-refractivity contribution is 9.10. The van der Waals surface area contributed by atoms with Gasteiger partial charge in [0.1, 0.15) is 11.6 Å². The van der Waals surface area contributed by atoms with E-state index in [-0.39, 0.29) is 5.91 Å². The molecule has 4 nitrogen and oxygen atoms in total. The van der Waals surface area contributed by atoms with Gasteiger partial charge in [-0.2, -0.15) is 0 Å². The van der Waals surface area contributed by atoms with Gasteiger partial charge < -0.3 is 4.74 Å². The molecule has 1 aliphatic rings. The van der Waals surface area contributed by atoms with Crippen LogP contribution in [0.15, 0.2) is 45.9 Å². The number of amides is 1. The van der Waals surface area contributed by atoms with Gasteiger partial charge in [0.15, 0.2) is 0 Å². The van der Waals surface area contributed by atoms with Gasteiger partial charge in [-0.25, -0.2) is 0 Å². The van der Waals surface area contributed by atoms with Crippen LogP contribution in [-0.2, 0) is 17.6 Å². The minimum Gasteiger partial charge on any atom is -0.496 e. The first kappa shape index (κ1) is 22.8. The zero-order chi connectivity index (χ0) is 21.9. The zero-order valence-corrected chi connectivity index (χ0v) is 20.3. The Morgan fingerprint density at radius 3 is 2.70 bits per heavy atom. The molecule has 160 valence electrons. The van der Waals surface area contributed by atoms with Gasteiger partial charge >= 0.3 is 0 Å². The van der Waals surface area contributed by atoms with E-state index in [1.165, 1.54) is 0 Å². The Morgan fingerprint density at radius 2 is 2.00 bits per heavy atom. The Hall–Kier alpha value is -1.85. The molecular weight excluding hydrogens is 464 g/mol. The number of nitrogens with zero attached hydrogens (tertiary/aromatic N) is 2. The molecule has 0 N–H and O–H groups in total. The number of rotatable bonds is 5. The molecule has 0 atom stereocenters. The predicted octanol–water partition coefficient (Wildman–Crippen LogP) is 5.92. The topological polar surface area (TPSA) is 41.9 Å². The highest BCUT2D eigenvalue weighted by Crippen LogP contribution is 2.29. The Kier molecular flexibility index (Phi) is 7.25. The van der Waals surface area contributed by atoms with Crippen LogP contribution >= 0.6 is 27.5 Å². The van der Waals surface area contributed by atoms with Crippen LogP contribution in [0, 0.1) is 5.41 Å². The molecule has 2 aromatic carbocycles. The zero-order valence-electron chi connectivity index (χ0n) is 18.0. The molecule has 30 heavy (non-hydrogen) atoms. The van der Waals surface area contributed by atoms with E-state index in [2.05, 4.69) is 22.0 Å². The Balaban J connectivity index is 1.96. The summed E-state index contributed by atoms with van der Waals surface area (Å²) in [6.07, 6.45) is 2.36. The number of ether oxygens (including phenoxy) is 1. The first-order chi connectivity index (χ1) is 14.2. The van der Waals surface area contributed by atoms with Crippen molar-refractivity contribution in [3.05, 3.63) is 62.6 Å². The number of hydrogen-bond acceptors (Lipinski definition) is 3. The van der Waals surface area contributed by atoms with Crippen molar-refractivity contribution >= 4 is 39.3 Å². The summed E-state index contributed by atoms with van der Waals surface area (Å²) in [4.78, 5) is 19.7. The molecule has 1 amide bonds. The lowest BCUT2D eigenvalue weighted by Crippen LogP contribution is -2.46. The lowest BCUT2D eigenvalue weighted by atomic mass is 9.92. The quantitative estimate of drug-likeness (QED) is 0.521. The fraction of sp³-hybridized carbons (Fsp3) is 0.417. The monoisotopic (exact) mass is 490 g/mol. The van der Waals surface area contributed by atoms with Gasteiger partial charge in [-0.05, 0) is 54.7 Å². The van der Waals surface area contributed by atoms with Crippen molar-refractivity contribution in [1.29, 1.82) is 0 Å². The van der Waals surface area contributed by atoms with E-state index in [0.717, 1.165) is 52.0 Å². The molecule has 0 saturated heterocycles. The first-order valence-electron chi connectivity index (χ1n) is 10.2. The third kappa shape index (κ3) is 5.06. The second-order valence-corrected chi connectivity index (χ2v) is 9.81. The number of methoxy groups -OCH3 is 1. The standard InChI is InChI=1S/C24H28BrClN2O2/c1-24(2,3)23(29)28-14-6-13-27-22(28)19-7-5-8-20(26)18(19)11-9-16-15-17(25)10-12-21(16)30-4/h5,7-8,10,12,15H,6,9,11,13-14H2,1-4H3. The summed E-state index contributed by atoms with van der Waals surface area (Å²) in [6, 6.07) is 11.9. The minimum absolute atomic E-state index is 0.0838. The summed E-state index contributed by atoms with van der Waals surface area (Å²) >= 11 is 10.2. The third-order valence-electron chi connectivity index (χ3n) is 5.19. The molecule has 0 spiro atoms. The van der Waals surface area contributed by atoms with E-state index >= 15 is 0 Å². The molecule has 2 aromatic rings. The maximum Gasteiger partial charge on any atom is 0.233 e. The molecule has 0 aromatic heterocycles. The van der Waals surface area contributed by atoms with Crippen LogP contribution in [0.3, 0.4) is 0 Å². The van der Waals surface area contributed by atoms with E-state index < -0.39 is 5.41 Å². The number of amidine groups is 1. The maximum absolute atomic E-state index is 13.1. The smallest absolute Gasteiger partial charge is 0.233 e. The summed E-state index contributed by atoms with van der Waals surface area (Å²) < 4.78 is 6.53. The van der Waals surface area contributed by atoms with Crippen molar-refractivity contribution in [1.82, 2.24) is 4.90 Å². The summed E-state index contributed by atoms with van der Waals surface area (Å²) in [5.41, 5.74) is 2.58. The summed E-state index contributed by atoms with van der Waals surface area (Å²) in [5, 5.41) is 0.692. The average Bonchev–Trinajstić information content (AvgIpc) is 2.71. The molecule has 0 bridgehead atoms. The highest BCUT2D eigenvalue weighted by Gasteiger charge is 2.32. The number of carbonyl (C=O) groups is 1. The number of hydrogen-bond donors (Lipinski definition) is 0. The molecule has 1 heterocycles. The Bertz CT molecular complexity index is 966. The molecule has 0 saturated carbocycles. The summed E-state index contributed by atoms with van der Waals surface area (Å²) in [6.45, 7) is 7.23. The third-order valence-corrected chi connectivity index (χ3v) is 6.04. The molecule has 0 aliphatic carbocycles. The summed E-state index contributed by atoms with van der Waals surface area (Å²) in [5.74, 6) is 1.67. The van der Waals surface area contributed by atoms with Crippen molar-refractivity contribution in [3.63, 3.8) is 0 Å². The lowest BCUT2D eigenvalue weighted by Gasteiger charge is -2.33. The molecule has 3 rings (SSSR count). The van der Waals surface area contributed by atoms with Crippen LogP contribution in [0.2, 0.25) is 5.02 Å². The minimum atomic E-state index is -0.472. The highest BCUT2D eigenvalue weighted by atomic mass is 79.9. The second kappa shape index (κ2) is 9.52. The van der Waals surface area contributed by atoms with Crippen molar-refractivity contribution in [2.45, 2.75) is 40.0 Å². The Morgan fingerprint density at radius 1 is 1.23 bits per heavy atom. The Labute approximate surface area is 192 Å². The van der Waals surface area contributed by atoms with Gasteiger partial charge in [-0.15, -0.1) is 0 Å². The predicted molar refractivity (Wildman–Crippen MR) is 127 cm³/mol. The molecule has 0 radical (unpaired) electrons. The van der Waals surface area contributed by atoms with E-state index in [1.807, 2.05) is 56.0 Å². The molecule has 0 unspecified atom stereocenters. The molecular formula is C24H28BrClN2O2. The van der Waals surface area contributed by atoms with Gasteiger partial charge in [-0.1, -0.05) is 60.4 Å². The van der Waals surface area contributed by atoms with Crippen LogP contribution < -0.4 is 4.74 Å². The van der Waals surface area contributed by atoms with Crippen molar-refractivity contribution in [2.24, 2.45) is 10.4 Å². The van der Waals surface area contributed by atoms with Crippen molar-refractivity contribution < 1.29 is 9.53 Å². The largest absolute Gasteiger partial charge is 0.496 e. The molecule has 0 fully saturated rings. The van der Waals surface area contributed by atoms with Gasteiger partial charge in [0.2, 0.25) is 5.91 Å². The van der Waals surface area contributed by atoms with Gasteiger partial charge in [0.25, 0.3) is 0 Å². The van der Waals surface area contributed by atoms with Gasteiger partial charge in [0.05, 0.1) is 7.11 Å². The van der Waals surface area contributed by atoms with E-state index in [4.69, 9.17) is 21.3 Å². The van der Waals surface area contributed by atoms with E-state index in [1.54, 1.807) is 7.11 Å². The lowest BCUT2D eigenvalue weighted by molar-refractivity contribution is -0.135. The van der Waals surface area contributed by atoms with Crippen LogP contribution in [0.1, 0.15) is 43.9 Å². The van der Waals surface area contributed by atoms with Gasteiger partial charge in [0, 0.05) is 33.6 Å². The normalized spacial score (nSPS) is 14.5. The average molecular weight is 492 g/mol. The second-order valence-electron chi connectivity index (χ2n) is 8.49. The van der Waals surface area contributed by atoms with E-state index in [0.29, 0.717) is 18.1 Å². The first-order valence-corrected chi connectivity index (χ1v) is 11.4.